The molecule has 0 amide bonds. The molecule has 0 saturated carbocycles. The predicted molar refractivity (Wildman–Crippen MR) is 122 cm³/mol. The fourth-order valence-electron chi connectivity index (χ4n) is 3.26. The van der Waals surface area contributed by atoms with Gasteiger partial charge in [0.25, 0.3) is 11.8 Å². The summed E-state index contributed by atoms with van der Waals surface area (Å²) in [6, 6.07) is 7.22. The molecule has 1 atom stereocenters. The highest BCUT2D eigenvalue weighted by molar-refractivity contribution is 6.32. The number of methoxy groups -OCH3 is 1. The molecule has 2 aromatic carbocycles. The molecule has 0 aliphatic rings. The topological polar surface area (TPSA) is 109 Å². The molecule has 0 saturated heterocycles. The first-order valence-electron chi connectivity index (χ1n) is 10.4. The lowest BCUT2D eigenvalue weighted by Crippen LogP contribution is -2.35. The van der Waals surface area contributed by atoms with Crippen LogP contribution >= 0.6 is 11.6 Å². The van der Waals surface area contributed by atoms with Crippen molar-refractivity contribution in [2.24, 2.45) is 7.05 Å². The Hall–Kier alpha value is -3.84. The fourth-order valence-corrected chi connectivity index (χ4v) is 3.45. The van der Waals surface area contributed by atoms with Crippen LogP contribution < -0.4 is 20.7 Å². The maximum atomic E-state index is 14.9. The van der Waals surface area contributed by atoms with Crippen molar-refractivity contribution in [1.82, 2.24) is 9.55 Å². The molecule has 0 aliphatic carbocycles. The zero-order valence-corrected chi connectivity index (χ0v) is 20.2. The molecule has 3 aromatic rings. The van der Waals surface area contributed by atoms with Crippen molar-refractivity contribution in [1.29, 1.82) is 0 Å². The van der Waals surface area contributed by atoms with Gasteiger partial charge in [0, 0.05) is 19.2 Å². The third-order valence-corrected chi connectivity index (χ3v) is 5.19. The minimum Gasteiger partial charge on any atom is -0.464 e. The summed E-state index contributed by atoms with van der Waals surface area (Å²) < 4.78 is 77.4. The lowest BCUT2D eigenvalue weighted by atomic mass is 10.0. The molecule has 9 nitrogen and oxygen atoms in total. The van der Waals surface area contributed by atoms with Gasteiger partial charge in [-0.1, -0.05) is 23.7 Å². The number of benzene rings is 2. The molecule has 0 radical (unpaired) electrons. The third kappa shape index (κ3) is 5.94. The van der Waals surface area contributed by atoms with E-state index in [-0.39, 0.29) is 33.4 Å². The van der Waals surface area contributed by atoms with Crippen molar-refractivity contribution in [2.75, 3.05) is 13.7 Å². The maximum absolute atomic E-state index is 14.9. The van der Waals surface area contributed by atoms with E-state index >= 15 is 0 Å². The van der Waals surface area contributed by atoms with E-state index in [1.165, 1.54) is 24.3 Å². The van der Waals surface area contributed by atoms with Gasteiger partial charge in [0.1, 0.15) is 17.3 Å². The second kappa shape index (κ2) is 11.0. The number of ether oxygens (including phenoxy) is 4. The molecule has 0 bridgehead atoms. The van der Waals surface area contributed by atoms with Crippen molar-refractivity contribution in [3.8, 4) is 28.4 Å². The first-order valence-corrected chi connectivity index (χ1v) is 10.8. The van der Waals surface area contributed by atoms with Gasteiger partial charge in [-0.15, -0.1) is 0 Å². The van der Waals surface area contributed by atoms with Crippen LogP contribution in [0, 0.1) is 5.82 Å². The van der Waals surface area contributed by atoms with Gasteiger partial charge in [0.15, 0.2) is 11.5 Å². The average Bonchev–Trinajstić information content (AvgIpc) is 2.82. The van der Waals surface area contributed by atoms with E-state index in [1.807, 2.05) is 0 Å². The molecule has 14 heteroatoms. The summed E-state index contributed by atoms with van der Waals surface area (Å²) in [5.74, 6) is -2.63. The number of aromatic nitrogens is 2. The molecule has 0 fully saturated rings. The zero-order chi connectivity index (χ0) is 27.5. The molecule has 1 heterocycles. The molecular weight excluding hydrogens is 528 g/mol. The van der Waals surface area contributed by atoms with Crippen molar-refractivity contribution in [3.05, 3.63) is 73.8 Å². The van der Waals surface area contributed by atoms with Crippen molar-refractivity contribution in [3.63, 3.8) is 0 Å². The lowest BCUT2D eigenvalue weighted by Gasteiger charge is -2.19. The number of alkyl halides is 3. The van der Waals surface area contributed by atoms with Gasteiger partial charge < -0.3 is 18.9 Å². The lowest BCUT2D eigenvalue weighted by molar-refractivity contribution is -0.174. The Labute approximate surface area is 211 Å². The summed E-state index contributed by atoms with van der Waals surface area (Å²) in [5.41, 5.74) is -6.46. The Morgan fingerprint density at radius 1 is 1.14 bits per heavy atom. The Morgan fingerprint density at radius 2 is 1.78 bits per heavy atom. The predicted octanol–water partition coefficient (Wildman–Crippen LogP) is 4.26. The number of carbonyl (C=O) groups excluding carboxylic acids is 1. The van der Waals surface area contributed by atoms with Crippen LogP contribution in [0.1, 0.15) is 12.6 Å². The van der Waals surface area contributed by atoms with Gasteiger partial charge >= 0.3 is 17.8 Å². The number of esters is 1. The Bertz CT molecular complexity index is 1440. The zero-order valence-electron chi connectivity index (χ0n) is 19.4. The van der Waals surface area contributed by atoms with Crippen LogP contribution in [0.15, 0.2) is 46.0 Å². The number of rotatable bonds is 8. The van der Waals surface area contributed by atoms with E-state index in [0.717, 1.165) is 20.2 Å². The summed E-state index contributed by atoms with van der Waals surface area (Å²) in [6.45, 7) is 1.70. The van der Waals surface area contributed by atoms with Crippen LogP contribution in [-0.4, -0.2) is 35.5 Å². The number of carbonyl (C=O) groups is 1. The fraction of sp³-hybridized carbons (Fsp3) is 0.261. The van der Waals surface area contributed by atoms with E-state index in [4.69, 9.17) is 25.8 Å². The standard InChI is InChI=1S/C23H19ClF4N2O7/c1-4-35-21(20(32)34-3)37-15-8-6-5-7-14(15)36-16-9-11(13(25)10-12(16)24)17-18(23(26,27)28)30(2)22(33)29-19(17)31/h5-10,21H,4H2,1-3H3,(H,29,31,33). The SMILES string of the molecule is CCOC(Oc1ccccc1Oc1cc(-c2c(C(F)(F)F)n(C)c(=O)[nH]c2=O)c(F)cc1Cl)C(=O)OC. The highest BCUT2D eigenvalue weighted by Crippen LogP contribution is 2.41. The number of nitrogens with one attached hydrogen (secondary N) is 1. The maximum Gasteiger partial charge on any atom is 0.432 e. The second-order valence-corrected chi connectivity index (χ2v) is 7.69. The number of hydrogen-bond acceptors (Lipinski definition) is 7. The monoisotopic (exact) mass is 546 g/mol. The first kappa shape index (κ1) is 27.7. The summed E-state index contributed by atoms with van der Waals surface area (Å²) in [6.07, 6.45) is -6.66. The summed E-state index contributed by atoms with van der Waals surface area (Å²) in [5, 5.41) is -0.361. The number of hydrogen-bond donors (Lipinski definition) is 1. The van der Waals surface area contributed by atoms with Crippen molar-refractivity contribution < 1.29 is 41.3 Å². The number of para-hydroxylation sites is 2. The number of halogens is 5. The second-order valence-electron chi connectivity index (χ2n) is 7.28. The Kier molecular flexibility index (Phi) is 8.28. The van der Waals surface area contributed by atoms with E-state index < -0.39 is 52.3 Å². The molecule has 0 aliphatic heterocycles. The first-order chi connectivity index (χ1) is 17.4. The van der Waals surface area contributed by atoms with Gasteiger partial charge in [-0.25, -0.2) is 14.0 Å². The quantitative estimate of drug-likeness (QED) is 0.255. The normalized spacial score (nSPS) is 12.2. The average molecular weight is 547 g/mol. The Morgan fingerprint density at radius 3 is 2.38 bits per heavy atom. The van der Waals surface area contributed by atoms with Gasteiger partial charge in [-0.05, 0) is 31.2 Å². The summed E-state index contributed by atoms with van der Waals surface area (Å²) in [7, 11) is 1.90. The van der Waals surface area contributed by atoms with Gasteiger partial charge in [-0.2, -0.15) is 13.2 Å². The number of H-pyrrole nitrogens is 1. The highest BCUT2D eigenvalue weighted by Gasteiger charge is 2.39. The number of aromatic amines is 1. The molecule has 1 aromatic heterocycles. The van der Waals surface area contributed by atoms with E-state index in [2.05, 4.69) is 4.74 Å². The van der Waals surface area contributed by atoms with Crippen LogP contribution in [0.3, 0.4) is 0 Å². The van der Waals surface area contributed by atoms with Crippen LogP contribution in [0.2, 0.25) is 5.02 Å². The van der Waals surface area contributed by atoms with Crippen LogP contribution in [0.4, 0.5) is 17.6 Å². The van der Waals surface area contributed by atoms with E-state index in [0.29, 0.717) is 6.07 Å². The third-order valence-electron chi connectivity index (χ3n) is 4.90. The van der Waals surface area contributed by atoms with E-state index in [1.54, 1.807) is 11.9 Å². The summed E-state index contributed by atoms with van der Waals surface area (Å²) in [4.78, 5) is 37.9. The van der Waals surface area contributed by atoms with Crippen LogP contribution in [0.25, 0.3) is 11.1 Å². The minimum atomic E-state index is -5.19. The van der Waals surface area contributed by atoms with Crippen molar-refractivity contribution in [2.45, 2.75) is 19.4 Å². The largest absolute Gasteiger partial charge is 0.464 e. The van der Waals surface area contributed by atoms with Crippen molar-refractivity contribution >= 4 is 17.6 Å². The van der Waals surface area contributed by atoms with Gasteiger partial charge in [0.2, 0.25) is 0 Å². The highest BCUT2D eigenvalue weighted by atomic mass is 35.5. The summed E-state index contributed by atoms with van der Waals surface area (Å²) >= 11 is 6.08. The molecule has 37 heavy (non-hydrogen) atoms. The molecule has 3 rings (SSSR count). The molecule has 1 unspecified atom stereocenters. The van der Waals surface area contributed by atoms with Gasteiger partial charge in [-0.3, -0.25) is 14.3 Å². The molecule has 1 N–H and O–H groups in total. The van der Waals surface area contributed by atoms with Crippen LogP contribution in [-0.2, 0) is 27.5 Å². The smallest absolute Gasteiger partial charge is 0.432 e. The molecule has 0 spiro atoms. The van der Waals surface area contributed by atoms with E-state index in [9.17, 15) is 31.9 Å². The minimum absolute atomic E-state index is 0.0516. The molecular formula is C23H19ClF4N2O7. The number of nitrogens with zero attached hydrogens (tertiary/aromatic N) is 1. The van der Waals surface area contributed by atoms with Gasteiger partial charge in [0.05, 0.1) is 17.7 Å². The molecule has 198 valence electrons. The Balaban J connectivity index is 2.13. The van der Waals surface area contributed by atoms with Crippen LogP contribution in [0.5, 0.6) is 17.2 Å².